The number of H-pyrrole nitrogens is 1. The molecular formula is C23H24ClN5. The van der Waals surface area contributed by atoms with Crippen molar-refractivity contribution in [1.82, 2.24) is 20.4 Å². The lowest BCUT2D eigenvalue weighted by molar-refractivity contribution is 0.339. The molecule has 0 aliphatic carbocycles. The average molecular weight is 406 g/mol. The molecule has 3 heterocycles. The van der Waals surface area contributed by atoms with Gasteiger partial charge in [-0.25, -0.2) is 0 Å². The Bertz CT molecular complexity index is 1080. The predicted molar refractivity (Wildman–Crippen MR) is 119 cm³/mol. The molecule has 1 spiro atoms. The molecular weight excluding hydrogens is 382 g/mol. The number of benzene rings is 2. The Morgan fingerprint density at radius 2 is 1.86 bits per heavy atom. The number of aromatic amines is 1. The van der Waals surface area contributed by atoms with Gasteiger partial charge in [0.2, 0.25) is 0 Å². The number of hydrogen-bond acceptors (Lipinski definition) is 4. The van der Waals surface area contributed by atoms with Crippen LogP contribution in [0.15, 0.2) is 73.3 Å². The van der Waals surface area contributed by atoms with E-state index < -0.39 is 0 Å². The fourth-order valence-corrected chi connectivity index (χ4v) is 4.81. The van der Waals surface area contributed by atoms with Gasteiger partial charge < -0.3 is 15.1 Å². The lowest BCUT2D eigenvalue weighted by Gasteiger charge is -2.41. The maximum absolute atomic E-state index is 6.34. The zero-order valence-electron chi connectivity index (χ0n) is 16.3. The molecule has 5 rings (SSSR count). The van der Waals surface area contributed by atoms with E-state index in [0.717, 1.165) is 65.6 Å². The number of hydrogen-bond donors (Lipinski definition) is 2. The molecule has 2 aliphatic rings. The van der Waals surface area contributed by atoms with Crippen molar-refractivity contribution >= 4 is 28.2 Å². The zero-order chi connectivity index (χ0) is 20.0. The Hall–Kier alpha value is -2.92. The Kier molecular flexibility index (Phi) is 4.28. The Balaban J connectivity index is 1.35. The van der Waals surface area contributed by atoms with E-state index in [4.69, 9.17) is 11.6 Å². The highest BCUT2D eigenvalue weighted by molar-refractivity contribution is 6.31. The number of piperidine rings is 1. The van der Waals surface area contributed by atoms with Crippen LogP contribution >= 0.6 is 11.6 Å². The first-order valence-electron chi connectivity index (χ1n) is 9.91. The van der Waals surface area contributed by atoms with E-state index in [2.05, 4.69) is 62.7 Å². The molecule has 2 fully saturated rings. The van der Waals surface area contributed by atoms with Gasteiger partial charge in [0, 0.05) is 41.4 Å². The summed E-state index contributed by atoms with van der Waals surface area (Å²) in [5.41, 5.74) is 4.35. The van der Waals surface area contributed by atoms with Crippen LogP contribution in [0, 0.1) is 0 Å². The van der Waals surface area contributed by atoms with Crippen molar-refractivity contribution < 1.29 is 0 Å². The van der Waals surface area contributed by atoms with Crippen molar-refractivity contribution in [3.63, 3.8) is 0 Å². The Morgan fingerprint density at radius 1 is 1.10 bits per heavy atom. The largest absolute Gasteiger partial charge is 0.371 e. The van der Waals surface area contributed by atoms with Crippen LogP contribution in [-0.2, 0) is 6.54 Å². The third-order valence-corrected chi connectivity index (χ3v) is 6.45. The first-order chi connectivity index (χ1) is 14.1. The van der Waals surface area contributed by atoms with E-state index >= 15 is 0 Å². The van der Waals surface area contributed by atoms with Gasteiger partial charge in [0.1, 0.15) is 0 Å². The number of nitrogens with zero attached hydrogens (tertiary/aromatic N) is 3. The molecule has 0 amide bonds. The maximum atomic E-state index is 6.34. The SMILES string of the molecule is C=C1NC2(CCN(c3cc(Cl)cc4[nH]ncc34)CC2)C(=C)N1Cc1ccccc1. The topological polar surface area (TPSA) is 47.2 Å². The van der Waals surface area contributed by atoms with E-state index in [1.165, 1.54) is 5.56 Å². The number of nitrogens with one attached hydrogen (secondary N) is 2. The lowest BCUT2D eigenvalue weighted by atomic mass is 9.85. The highest BCUT2D eigenvalue weighted by Crippen LogP contribution is 2.41. The lowest BCUT2D eigenvalue weighted by Crippen LogP contribution is -2.50. The van der Waals surface area contributed by atoms with Gasteiger partial charge in [-0.05, 0) is 30.5 Å². The van der Waals surface area contributed by atoms with Gasteiger partial charge >= 0.3 is 0 Å². The second-order valence-corrected chi connectivity index (χ2v) is 8.35. The van der Waals surface area contributed by atoms with Crippen molar-refractivity contribution in [2.45, 2.75) is 24.9 Å². The smallest absolute Gasteiger partial charge is 0.0992 e. The van der Waals surface area contributed by atoms with Gasteiger partial charge in [0.15, 0.2) is 0 Å². The van der Waals surface area contributed by atoms with E-state index in [-0.39, 0.29) is 5.54 Å². The Morgan fingerprint density at radius 3 is 2.62 bits per heavy atom. The fourth-order valence-electron chi connectivity index (χ4n) is 4.60. The summed E-state index contributed by atoms with van der Waals surface area (Å²) in [5.74, 6) is 0.937. The molecule has 3 aromatic rings. The number of fused-ring (bicyclic) bond motifs is 1. The molecule has 2 aliphatic heterocycles. The fraction of sp³-hybridized carbons (Fsp3) is 0.261. The third kappa shape index (κ3) is 3.06. The molecule has 29 heavy (non-hydrogen) atoms. The van der Waals surface area contributed by atoms with Gasteiger partial charge in [0.25, 0.3) is 0 Å². The molecule has 5 nitrogen and oxygen atoms in total. The van der Waals surface area contributed by atoms with Gasteiger partial charge in [0.05, 0.1) is 23.1 Å². The van der Waals surface area contributed by atoms with Gasteiger partial charge in [-0.2, -0.15) is 5.10 Å². The minimum Gasteiger partial charge on any atom is -0.371 e. The maximum Gasteiger partial charge on any atom is 0.0992 e. The average Bonchev–Trinajstić information content (AvgIpc) is 3.28. The molecule has 0 atom stereocenters. The van der Waals surface area contributed by atoms with Crippen LogP contribution in [0.2, 0.25) is 5.02 Å². The molecule has 6 heteroatoms. The van der Waals surface area contributed by atoms with E-state index in [9.17, 15) is 0 Å². The van der Waals surface area contributed by atoms with Gasteiger partial charge in [-0.15, -0.1) is 0 Å². The normalized spacial score (nSPS) is 18.7. The van der Waals surface area contributed by atoms with Crippen LogP contribution in [0.3, 0.4) is 0 Å². The van der Waals surface area contributed by atoms with Crippen molar-refractivity contribution in [3.8, 4) is 0 Å². The molecule has 0 saturated carbocycles. The van der Waals surface area contributed by atoms with E-state index in [1.807, 2.05) is 24.4 Å². The summed E-state index contributed by atoms with van der Waals surface area (Å²) in [6, 6.07) is 14.4. The first-order valence-corrected chi connectivity index (χ1v) is 10.3. The number of anilines is 1. The van der Waals surface area contributed by atoms with Gasteiger partial charge in [-0.3, -0.25) is 5.10 Å². The van der Waals surface area contributed by atoms with E-state index in [1.54, 1.807) is 0 Å². The summed E-state index contributed by atoms with van der Waals surface area (Å²) >= 11 is 6.34. The van der Waals surface area contributed by atoms with Crippen LogP contribution in [0.25, 0.3) is 10.9 Å². The molecule has 0 bridgehead atoms. The van der Waals surface area contributed by atoms with Crippen molar-refractivity contribution in [2.24, 2.45) is 0 Å². The minimum atomic E-state index is -0.129. The molecule has 1 aromatic heterocycles. The molecule has 0 unspecified atom stereocenters. The summed E-state index contributed by atoms with van der Waals surface area (Å²) in [6.45, 7) is 11.3. The number of aromatic nitrogens is 2. The summed E-state index contributed by atoms with van der Waals surface area (Å²) in [7, 11) is 0. The molecule has 148 valence electrons. The number of rotatable bonds is 3. The second-order valence-electron chi connectivity index (χ2n) is 7.92. The quantitative estimate of drug-likeness (QED) is 0.666. The molecule has 0 radical (unpaired) electrons. The summed E-state index contributed by atoms with van der Waals surface area (Å²) in [6.07, 6.45) is 3.80. The van der Waals surface area contributed by atoms with Crippen molar-refractivity contribution in [1.29, 1.82) is 0 Å². The van der Waals surface area contributed by atoms with Crippen LogP contribution in [0.5, 0.6) is 0 Å². The highest BCUT2D eigenvalue weighted by atomic mass is 35.5. The zero-order valence-corrected chi connectivity index (χ0v) is 17.0. The summed E-state index contributed by atoms with van der Waals surface area (Å²) < 4.78 is 0. The van der Waals surface area contributed by atoms with Gasteiger partial charge in [-0.1, -0.05) is 55.1 Å². The minimum absolute atomic E-state index is 0.129. The predicted octanol–water partition coefficient (Wildman–Crippen LogP) is 4.65. The van der Waals surface area contributed by atoms with Crippen LogP contribution in [-0.4, -0.2) is 33.7 Å². The van der Waals surface area contributed by atoms with Crippen LogP contribution in [0.1, 0.15) is 18.4 Å². The van der Waals surface area contributed by atoms with E-state index in [0.29, 0.717) is 0 Å². The van der Waals surface area contributed by atoms with Crippen LogP contribution < -0.4 is 10.2 Å². The second kappa shape index (κ2) is 6.85. The molecule has 2 N–H and O–H groups in total. The monoisotopic (exact) mass is 405 g/mol. The third-order valence-electron chi connectivity index (χ3n) is 6.23. The first kappa shape index (κ1) is 18.1. The molecule has 2 aromatic carbocycles. The Labute approximate surface area is 175 Å². The summed E-state index contributed by atoms with van der Waals surface area (Å²) in [5, 5.41) is 12.7. The molecule has 2 saturated heterocycles. The van der Waals surface area contributed by atoms with Crippen LogP contribution in [0.4, 0.5) is 5.69 Å². The summed E-state index contributed by atoms with van der Waals surface area (Å²) in [4.78, 5) is 4.62. The van der Waals surface area contributed by atoms with Crippen molar-refractivity contribution in [2.75, 3.05) is 18.0 Å². The highest BCUT2D eigenvalue weighted by Gasteiger charge is 2.45. The standard InChI is InChI=1S/C23H24ClN5/c1-16-23(26-17(2)29(16)15-18-6-4-3-5-7-18)8-10-28(11-9-23)22-13-19(24)12-21-20(22)14-25-27-21/h3-7,12-14,26H,1-2,8-11,15H2,(H,25,27). The number of halogens is 1. The van der Waals surface area contributed by atoms with Crippen molar-refractivity contribution in [3.05, 3.63) is 83.9 Å².